The van der Waals surface area contributed by atoms with Crippen LogP contribution in [0.4, 0.5) is 0 Å². The number of rotatable bonds is 3. The van der Waals surface area contributed by atoms with Crippen LogP contribution in [0.3, 0.4) is 0 Å². The molecule has 2 saturated carbocycles. The average Bonchev–Trinajstić information content (AvgIpc) is 2.52. The zero-order valence-corrected chi connectivity index (χ0v) is 8.83. The third-order valence-corrected chi connectivity index (χ3v) is 3.79. The number of fused-ring (bicyclic) bond motifs is 1. The van der Waals surface area contributed by atoms with Crippen molar-refractivity contribution < 1.29 is 4.79 Å². The Morgan fingerprint density at radius 1 is 1.43 bits per heavy atom. The molecule has 0 aromatic heterocycles. The molecule has 2 aliphatic carbocycles. The fourth-order valence-electron chi connectivity index (χ4n) is 2.89. The summed E-state index contributed by atoms with van der Waals surface area (Å²) in [7, 11) is 0. The van der Waals surface area contributed by atoms with Crippen molar-refractivity contribution >= 4 is 5.91 Å². The van der Waals surface area contributed by atoms with Gasteiger partial charge in [-0.3, -0.25) is 4.79 Å². The lowest BCUT2D eigenvalue weighted by Crippen LogP contribution is -2.44. The van der Waals surface area contributed by atoms with Crippen molar-refractivity contribution in [1.82, 2.24) is 5.32 Å². The molecule has 2 fully saturated rings. The van der Waals surface area contributed by atoms with Crippen LogP contribution in [0.15, 0.2) is 0 Å². The van der Waals surface area contributed by atoms with Crippen molar-refractivity contribution in [3.63, 3.8) is 0 Å². The highest BCUT2D eigenvalue weighted by molar-refractivity contribution is 5.79. The number of carbonyl (C=O) groups is 1. The minimum Gasteiger partial charge on any atom is -0.356 e. The summed E-state index contributed by atoms with van der Waals surface area (Å²) in [5.41, 5.74) is 5.89. The monoisotopic (exact) mass is 196 g/mol. The van der Waals surface area contributed by atoms with E-state index >= 15 is 0 Å². The van der Waals surface area contributed by atoms with Gasteiger partial charge in [-0.25, -0.2) is 0 Å². The molecule has 0 spiro atoms. The third kappa shape index (κ3) is 1.65. The van der Waals surface area contributed by atoms with E-state index < -0.39 is 0 Å². The van der Waals surface area contributed by atoms with Gasteiger partial charge in [0.15, 0.2) is 0 Å². The van der Waals surface area contributed by atoms with Crippen LogP contribution in [0.5, 0.6) is 0 Å². The Balaban J connectivity index is 1.80. The Morgan fingerprint density at radius 3 is 2.79 bits per heavy atom. The largest absolute Gasteiger partial charge is 0.356 e. The Labute approximate surface area is 85.4 Å². The molecule has 2 aliphatic rings. The quantitative estimate of drug-likeness (QED) is 0.704. The molecule has 0 saturated heterocycles. The Kier molecular flexibility index (Phi) is 2.77. The van der Waals surface area contributed by atoms with E-state index in [1.54, 1.807) is 0 Å². The molecule has 2 rings (SSSR count). The van der Waals surface area contributed by atoms with E-state index in [1.165, 1.54) is 0 Å². The fraction of sp³-hybridized carbons (Fsp3) is 0.909. The lowest BCUT2D eigenvalue weighted by Gasteiger charge is -2.37. The predicted molar refractivity (Wildman–Crippen MR) is 55.6 cm³/mol. The molecular formula is C11H20N2O. The van der Waals surface area contributed by atoms with E-state index in [4.69, 9.17) is 5.73 Å². The topological polar surface area (TPSA) is 55.1 Å². The second-order valence-electron chi connectivity index (χ2n) is 4.78. The molecular weight excluding hydrogens is 176 g/mol. The van der Waals surface area contributed by atoms with Gasteiger partial charge in [0.25, 0.3) is 0 Å². The first-order valence-corrected chi connectivity index (χ1v) is 5.75. The lowest BCUT2D eigenvalue weighted by atomic mass is 9.72. The number of nitrogens with two attached hydrogens (primary N) is 1. The fourth-order valence-corrected chi connectivity index (χ4v) is 2.89. The Morgan fingerprint density at radius 2 is 2.21 bits per heavy atom. The summed E-state index contributed by atoms with van der Waals surface area (Å²) in [4.78, 5) is 11.7. The van der Waals surface area contributed by atoms with Crippen LogP contribution in [0.2, 0.25) is 0 Å². The number of amides is 1. The van der Waals surface area contributed by atoms with Gasteiger partial charge in [0.2, 0.25) is 5.91 Å². The van der Waals surface area contributed by atoms with Crippen LogP contribution < -0.4 is 11.1 Å². The van der Waals surface area contributed by atoms with Gasteiger partial charge in [-0.05, 0) is 37.5 Å². The first-order chi connectivity index (χ1) is 6.72. The number of hydrogen-bond acceptors (Lipinski definition) is 2. The van der Waals surface area contributed by atoms with Gasteiger partial charge in [-0.1, -0.05) is 6.92 Å². The van der Waals surface area contributed by atoms with Crippen molar-refractivity contribution in [2.75, 3.05) is 6.54 Å². The van der Waals surface area contributed by atoms with Gasteiger partial charge in [-0.2, -0.15) is 0 Å². The Bertz CT molecular complexity index is 229. The van der Waals surface area contributed by atoms with E-state index in [2.05, 4.69) is 12.2 Å². The normalized spacial score (nSPS) is 40.1. The number of carbonyl (C=O) groups excluding carboxylic acids is 1. The van der Waals surface area contributed by atoms with Crippen LogP contribution in [0.25, 0.3) is 0 Å². The maximum Gasteiger partial charge on any atom is 0.223 e. The molecule has 4 atom stereocenters. The highest BCUT2D eigenvalue weighted by Crippen LogP contribution is 2.48. The third-order valence-electron chi connectivity index (χ3n) is 3.79. The number of hydrogen-bond donors (Lipinski definition) is 2. The summed E-state index contributed by atoms with van der Waals surface area (Å²) in [6, 6.07) is 0.379. The van der Waals surface area contributed by atoms with E-state index in [0.29, 0.717) is 12.0 Å². The van der Waals surface area contributed by atoms with Gasteiger partial charge in [0, 0.05) is 18.5 Å². The average molecular weight is 196 g/mol. The Hall–Kier alpha value is -0.570. The van der Waals surface area contributed by atoms with E-state index in [9.17, 15) is 4.79 Å². The summed E-state index contributed by atoms with van der Waals surface area (Å²) >= 11 is 0. The van der Waals surface area contributed by atoms with Gasteiger partial charge < -0.3 is 11.1 Å². The molecule has 0 aromatic carbocycles. The summed E-state index contributed by atoms with van der Waals surface area (Å²) in [5, 5.41) is 2.98. The minimum atomic E-state index is 0.255. The van der Waals surface area contributed by atoms with Crippen molar-refractivity contribution in [2.45, 2.75) is 38.6 Å². The molecule has 3 N–H and O–H groups in total. The highest BCUT2D eigenvalue weighted by atomic mass is 16.1. The van der Waals surface area contributed by atoms with Crippen molar-refractivity contribution in [3.8, 4) is 0 Å². The van der Waals surface area contributed by atoms with E-state index in [0.717, 1.165) is 38.1 Å². The summed E-state index contributed by atoms with van der Waals surface area (Å²) in [6.45, 7) is 2.89. The molecule has 0 heterocycles. The molecule has 0 radical (unpaired) electrons. The number of nitrogens with one attached hydrogen (secondary N) is 1. The SMILES string of the molecule is CCCNC(=O)C1CC2CC(N)C2C1. The van der Waals surface area contributed by atoms with Crippen LogP contribution in [-0.2, 0) is 4.79 Å². The molecule has 14 heavy (non-hydrogen) atoms. The minimum absolute atomic E-state index is 0.255. The maximum atomic E-state index is 11.7. The van der Waals surface area contributed by atoms with Gasteiger partial charge in [-0.15, -0.1) is 0 Å². The predicted octanol–water partition coefficient (Wildman–Crippen LogP) is 0.886. The second kappa shape index (κ2) is 3.89. The van der Waals surface area contributed by atoms with Crippen molar-refractivity contribution in [1.29, 1.82) is 0 Å². The lowest BCUT2D eigenvalue weighted by molar-refractivity contribution is -0.124. The maximum absolute atomic E-state index is 11.7. The zero-order chi connectivity index (χ0) is 10.1. The van der Waals surface area contributed by atoms with Crippen molar-refractivity contribution in [3.05, 3.63) is 0 Å². The van der Waals surface area contributed by atoms with Crippen LogP contribution in [-0.4, -0.2) is 18.5 Å². The van der Waals surface area contributed by atoms with Crippen molar-refractivity contribution in [2.24, 2.45) is 23.5 Å². The summed E-state index contributed by atoms with van der Waals surface area (Å²) < 4.78 is 0. The standard InChI is InChI=1S/C11H20N2O/c1-2-3-13-11(14)8-4-7-6-10(12)9(7)5-8/h7-10H,2-6,12H2,1H3,(H,13,14). The molecule has 0 aliphatic heterocycles. The molecule has 1 amide bonds. The van der Waals surface area contributed by atoms with Gasteiger partial charge in [0.1, 0.15) is 0 Å². The zero-order valence-electron chi connectivity index (χ0n) is 8.83. The van der Waals surface area contributed by atoms with E-state index in [-0.39, 0.29) is 11.8 Å². The highest BCUT2D eigenvalue weighted by Gasteiger charge is 2.47. The molecule has 3 nitrogen and oxygen atoms in total. The van der Waals surface area contributed by atoms with Gasteiger partial charge in [0.05, 0.1) is 0 Å². The molecule has 0 bridgehead atoms. The first kappa shape index (κ1) is 9.97. The smallest absolute Gasteiger partial charge is 0.223 e. The molecule has 80 valence electrons. The van der Waals surface area contributed by atoms with Gasteiger partial charge >= 0.3 is 0 Å². The molecule has 3 heteroatoms. The molecule has 4 unspecified atom stereocenters. The van der Waals surface area contributed by atoms with Crippen LogP contribution in [0.1, 0.15) is 32.6 Å². The van der Waals surface area contributed by atoms with E-state index in [1.807, 2.05) is 0 Å². The first-order valence-electron chi connectivity index (χ1n) is 5.75. The summed E-state index contributed by atoms with van der Waals surface area (Å²) in [6.07, 6.45) is 4.27. The van der Waals surface area contributed by atoms with Crippen LogP contribution in [0, 0.1) is 17.8 Å². The molecule has 0 aromatic rings. The summed E-state index contributed by atoms with van der Waals surface area (Å²) in [5.74, 6) is 1.91. The van der Waals surface area contributed by atoms with Crippen LogP contribution >= 0.6 is 0 Å². The second-order valence-corrected chi connectivity index (χ2v) is 4.78.